The summed E-state index contributed by atoms with van der Waals surface area (Å²) in [5.41, 5.74) is 1.70. The second kappa shape index (κ2) is 6.91. The molecule has 2 heteroatoms. The van der Waals surface area contributed by atoms with Gasteiger partial charge in [-0.05, 0) is 63.1 Å². The van der Waals surface area contributed by atoms with E-state index in [-0.39, 0.29) is 0 Å². The number of pyridine rings is 1. The molecule has 21 heavy (non-hydrogen) atoms. The summed E-state index contributed by atoms with van der Waals surface area (Å²) in [5, 5.41) is 0. The highest BCUT2D eigenvalue weighted by molar-refractivity contribution is 5.08. The fraction of sp³-hybridized carbons (Fsp3) is 0.737. The van der Waals surface area contributed by atoms with Gasteiger partial charge in [0.1, 0.15) is 0 Å². The molecule has 2 rings (SSSR count). The lowest BCUT2D eigenvalue weighted by Gasteiger charge is -2.42. The van der Waals surface area contributed by atoms with Gasteiger partial charge in [0, 0.05) is 18.3 Å². The van der Waals surface area contributed by atoms with Gasteiger partial charge in [0.15, 0.2) is 0 Å². The quantitative estimate of drug-likeness (QED) is 0.752. The van der Waals surface area contributed by atoms with E-state index in [9.17, 15) is 0 Å². The van der Waals surface area contributed by atoms with Crippen molar-refractivity contribution in [3.8, 4) is 0 Å². The molecule has 0 aliphatic heterocycles. The Kier molecular flexibility index (Phi) is 5.43. The minimum atomic E-state index is 0.409. The first-order chi connectivity index (χ1) is 9.95. The number of hydrogen-bond donors (Lipinski definition) is 0. The second-order valence-electron chi connectivity index (χ2n) is 7.44. The van der Waals surface area contributed by atoms with Gasteiger partial charge in [-0.15, -0.1) is 0 Å². The fourth-order valence-electron chi connectivity index (χ4n) is 3.70. The van der Waals surface area contributed by atoms with Crippen LogP contribution in [0.25, 0.3) is 0 Å². The summed E-state index contributed by atoms with van der Waals surface area (Å²) in [5.74, 6) is 0.900. The van der Waals surface area contributed by atoms with Gasteiger partial charge in [0.2, 0.25) is 0 Å². The molecule has 0 N–H and O–H groups in total. The molecular formula is C19H32N2. The number of aromatic nitrogens is 1. The molecule has 1 heterocycles. The normalized spacial score (nSPS) is 25.0. The van der Waals surface area contributed by atoms with Crippen molar-refractivity contribution in [1.29, 1.82) is 0 Å². The molecule has 0 bridgehead atoms. The Morgan fingerprint density at radius 3 is 2.43 bits per heavy atom. The van der Waals surface area contributed by atoms with Crippen molar-refractivity contribution in [3.05, 3.63) is 30.1 Å². The average molecular weight is 288 g/mol. The first kappa shape index (κ1) is 16.5. The summed E-state index contributed by atoms with van der Waals surface area (Å²) in [4.78, 5) is 7.06. The van der Waals surface area contributed by atoms with Crippen molar-refractivity contribution in [3.63, 3.8) is 0 Å². The lowest BCUT2D eigenvalue weighted by Crippen LogP contribution is -2.39. The van der Waals surface area contributed by atoms with Crippen molar-refractivity contribution in [1.82, 2.24) is 9.88 Å². The molecule has 2 nitrogen and oxygen atoms in total. The van der Waals surface area contributed by atoms with E-state index < -0.39 is 0 Å². The average Bonchev–Trinajstić information content (AvgIpc) is 2.54. The Labute approximate surface area is 131 Å². The Hall–Kier alpha value is -0.890. The second-order valence-corrected chi connectivity index (χ2v) is 7.44. The van der Waals surface area contributed by atoms with Gasteiger partial charge in [-0.25, -0.2) is 0 Å². The molecule has 0 aromatic carbocycles. The van der Waals surface area contributed by atoms with Crippen LogP contribution in [0.2, 0.25) is 0 Å². The van der Waals surface area contributed by atoms with Gasteiger partial charge in [-0.3, -0.25) is 9.88 Å². The van der Waals surface area contributed by atoms with E-state index in [4.69, 9.17) is 0 Å². The SMILES string of the molecule is CCC(C)(C)[C@H]1CC[C@@H](N(C)C(C)c2ccccn2)CC1. The fourth-order valence-corrected chi connectivity index (χ4v) is 3.70. The van der Waals surface area contributed by atoms with Crippen LogP contribution in [0.5, 0.6) is 0 Å². The molecule has 1 saturated carbocycles. The van der Waals surface area contributed by atoms with E-state index in [1.807, 2.05) is 12.3 Å². The zero-order valence-corrected chi connectivity index (χ0v) is 14.5. The molecule has 0 saturated heterocycles. The highest BCUT2D eigenvalue weighted by atomic mass is 15.2. The van der Waals surface area contributed by atoms with Gasteiger partial charge >= 0.3 is 0 Å². The molecule has 0 amide bonds. The van der Waals surface area contributed by atoms with Gasteiger partial charge in [-0.1, -0.05) is 33.3 Å². The maximum absolute atomic E-state index is 4.52. The molecule has 1 aliphatic carbocycles. The predicted octanol–water partition coefficient (Wildman–Crippen LogP) is 5.07. The third-order valence-corrected chi connectivity index (χ3v) is 6.02. The Morgan fingerprint density at radius 1 is 1.24 bits per heavy atom. The molecule has 1 unspecified atom stereocenters. The first-order valence-corrected chi connectivity index (χ1v) is 8.58. The first-order valence-electron chi connectivity index (χ1n) is 8.58. The van der Waals surface area contributed by atoms with E-state index >= 15 is 0 Å². The molecule has 1 atom stereocenters. The highest BCUT2D eigenvalue weighted by Gasteiger charge is 2.33. The topological polar surface area (TPSA) is 16.1 Å². The molecule has 1 aliphatic rings. The van der Waals surface area contributed by atoms with Crippen LogP contribution >= 0.6 is 0 Å². The summed E-state index contributed by atoms with van der Waals surface area (Å²) >= 11 is 0. The molecular weight excluding hydrogens is 256 g/mol. The third-order valence-electron chi connectivity index (χ3n) is 6.02. The largest absolute Gasteiger partial charge is 0.295 e. The Morgan fingerprint density at radius 2 is 1.90 bits per heavy atom. The van der Waals surface area contributed by atoms with Crippen LogP contribution in [0.4, 0.5) is 0 Å². The zero-order chi connectivity index (χ0) is 15.5. The summed E-state index contributed by atoms with van der Waals surface area (Å²) in [6, 6.07) is 7.35. The van der Waals surface area contributed by atoms with Crippen molar-refractivity contribution < 1.29 is 0 Å². The lowest BCUT2D eigenvalue weighted by atomic mass is 9.68. The zero-order valence-electron chi connectivity index (χ0n) is 14.5. The number of hydrogen-bond acceptors (Lipinski definition) is 2. The summed E-state index contributed by atoms with van der Waals surface area (Å²) < 4.78 is 0. The smallest absolute Gasteiger partial charge is 0.0572 e. The van der Waals surface area contributed by atoms with E-state index in [2.05, 4.69) is 56.8 Å². The predicted molar refractivity (Wildman–Crippen MR) is 90.2 cm³/mol. The molecule has 0 radical (unpaired) electrons. The van der Waals surface area contributed by atoms with E-state index in [1.165, 1.54) is 37.8 Å². The standard InChI is InChI=1S/C19H32N2/c1-6-19(3,4)16-10-12-17(13-11-16)21(5)15(2)18-9-7-8-14-20-18/h7-9,14-17H,6,10-13H2,1-5H3/t15?,16-,17+. The van der Waals surface area contributed by atoms with Crippen molar-refractivity contribution in [2.45, 2.75) is 71.9 Å². The Bertz CT molecular complexity index is 418. The molecule has 1 aromatic heterocycles. The monoisotopic (exact) mass is 288 g/mol. The van der Waals surface area contributed by atoms with Crippen LogP contribution in [0.1, 0.15) is 71.5 Å². The van der Waals surface area contributed by atoms with Crippen LogP contribution in [0, 0.1) is 11.3 Å². The van der Waals surface area contributed by atoms with E-state index in [0.29, 0.717) is 17.5 Å². The van der Waals surface area contributed by atoms with Crippen LogP contribution in [-0.4, -0.2) is 23.0 Å². The maximum Gasteiger partial charge on any atom is 0.0572 e. The Balaban J connectivity index is 1.93. The highest BCUT2D eigenvalue weighted by Crippen LogP contribution is 2.42. The number of nitrogens with zero attached hydrogens (tertiary/aromatic N) is 2. The number of rotatable bonds is 5. The summed E-state index contributed by atoms with van der Waals surface area (Å²) in [6.07, 6.45) is 8.63. The molecule has 118 valence electrons. The van der Waals surface area contributed by atoms with Gasteiger partial charge in [-0.2, -0.15) is 0 Å². The maximum atomic E-state index is 4.52. The van der Waals surface area contributed by atoms with Crippen molar-refractivity contribution >= 4 is 0 Å². The molecule has 1 aromatic rings. The van der Waals surface area contributed by atoms with Crippen molar-refractivity contribution in [2.24, 2.45) is 11.3 Å². The van der Waals surface area contributed by atoms with Gasteiger partial charge < -0.3 is 0 Å². The minimum Gasteiger partial charge on any atom is -0.295 e. The van der Waals surface area contributed by atoms with Crippen LogP contribution in [-0.2, 0) is 0 Å². The van der Waals surface area contributed by atoms with Crippen LogP contribution < -0.4 is 0 Å². The molecule has 1 fully saturated rings. The third kappa shape index (κ3) is 3.85. The molecule has 0 spiro atoms. The minimum absolute atomic E-state index is 0.409. The van der Waals surface area contributed by atoms with Crippen molar-refractivity contribution in [2.75, 3.05) is 7.05 Å². The van der Waals surface area contributed by atoms with Gasteiger partial charge in [0.25, 0.3) is 0 Å². The lowest BCUT2D eigenvalue weighted by molar-refractivity contribution is 0.0797. The van der Waals surface area contributed by atoms with Crippen LogP contribution in [0.15, 0.2) is 24.4 Å². The summed E-state index contributed by atoms with van der Waals surface area (Å²) in [6.45, 7) is 9.50. The van der Waals surface area contributed by atoms with Crippen LogP contribution in [0.3, 0.4) is 0 Å². The van der Waals surface area contributed by atoms with E-state index in [1.54, 1.807) is 0 Å². The summed E-state index contributed by atoms with van der Waals surface area (Å²) in [7, 11) is 2.27. The van der Waals surface area contributed by atoms with E-state index in [0.717, 1.165) is 5.92 Å². The van der Waals surface area contributed by atoms with Gasteiger partial charge in [0.05, 0.1) is 5.69 Å².